The van der Waals surface area contributed by atoms with Gasteiger partial charge in [-0.15, -0.1) is 0 Å². The normalized spacial score (nSPS) is 22.2. The van der Waals surface area contributed by atoms with Crippen LogP contribution < -0.4 is 0 Å². The summed E-state index contributed by atoms with van der Waals surface area (Å²) in [4.78, 5) is 11.6. The van der Waals surface area contributed by atoms with Crippen molar-refractivity contribution in [2.75, 3.05) is 40.4 Å². The van der Waals surface area contributed by atoms with Gasteiger partial charge in [-0.25, -0.2) is 0 Å². The van der Waals surface area contributed by atoms with Crippen molar-refractivity contribution in [2.24, 2.45) is 0 Å². The molecule has 172 valence electrons. The number of hydrogen-bond acceptors (Lipinski definition) is 4. The van der Waals surface area contributed by atoms with E-state index in [2.05, 4.69) is 21.0 Å². The number of likely N-dealkylation sites (N-methyl/N-ethyl adjacent to an activating group) is 1. The van der Waals surface area contributed by atoms with Gasteiger partial charge < -0.3 is 18.7 Å². The summed E-state index contributed by atoms with van der Waals surface area (Å²) in [5, 5.41) is 0. The van der Waals surface area contributed by atoms with Gasteiger partial charge in [0, 0.05) is 6.42 Å². The smallest absolute Gasteiger partial charge is 0.305 e. The topological polar surface area (TPSA) is 44.8 Å². The van der Waals surface area contributed by atoms with E-state index in [0.29, 0.717) is 26.1 Å². The molecule has 1 fully saturated rings. The van der Waals surface area contributed by atoms with E-state index in [9.17, 15) is 4.79 Å². The van der Waals surface area contributed by atoms with E-state index in [1.165, 1.54) is 70.8 Å². The highest BCUT2D eigenvalue weighted by molar-refractivity contribution is 5.69. The first-order valence-electron chi connectivity index (χ1n) is 12.1. The van der Waals surface area contributed by atoms with Gasteiger partial charge in [0.25, 0.3) is 0 Å². The minimum absolute atomic E-state index is 0.0975. The Morgan fingerprint density at radius 1 is 1.00 bits per heavy atom. The lowest BCUT2D eigenvalue weighted by Crippen LogP contribution is -2.47. The van der Waals surface area contributed by atoms with Crippen LogP contribution in [-0.2, 0) is 19.0 Å². The molecule has 0 saturated carbocycles. The van der Waals surface area contributed by atoms with Crippen LogP contribution in [0.2, 0.25) is 0 Å². The standard InChI is InChI=1S/C24H48NO4/c1-6-8-9-10-11-12-13-14-15-16-19-25(4,5)20-22-21-28-24(3,29-22)18-17-23(26)27-7-2/h22H,6-21H2,1-5H3/q+1. The van der Waals surface area contributed by atoms with Crippen molar-refractivity contribution in [2.45, 2.75) is 110 Å². The Labute approximate surface area is 180 Å². The molecular formula is C24H48NO4+. The van der Waals surface area contributed by atoms with E-state index in [1.807, 2.05) is 13.8 Å². The minimum Gasteiger partial charge on any atom is -0.466 e. The second kappa shape index (κ2) is 14.4. The van der Waals surface area contributed by atoms with Crippen molar-refractivity contribution < 1.29 is 23.5 Å². The Balaban J connectivity index is 2.13. The molecule has 1 saturated heterocycles. The summed E-state index contributed by atoms with van der Waals surface area (Å²) in [6.45, 7) is 9.20. The van der Waals surface area contributed by atoms with Crippen LogP contribution in [0.3, 0.4) is 0 Å². The van der Waals surface area contributed by atoms with Crippen LogP contribution in [0.25, 0.3) is 0 Å². The number of carbonyl (C=O) groups excluding carboxylic acids is 1. The molecule has 2 unspecified atom stereocenters. The fraction of sp³-hybridized carbons (Fsp3) is 0.958. The zero-order valence-corrected chi connectivity index (χ0v) is 20.0. The Hall–Kier alpha value is -0.650. The van der Waals surface area contributed by atoms with Gasteiger partial charge in [0.2, 0.25) is 0 Å². The third-order valence-electron chi connectivity index (χ3n) is 5.89. The summed E-state index contributed by atoms with van der Waals surface area (Å²) in [7, 11) is 4.57. The Bertz CT molecular complexity index is 441. The van der Waals surface area contributed by atoms with Crippen molar-refractivity contribution >= 4 is 5.97 Å². The molecule has 0 bridgehead atoms. The third-order valence-corrected chi connectivity index (χ3v) is 5.89. The number of ether oxygens (including phenoxy) is 3. The molecule has 0 aliphatic carbocycles. The summed E-state index contributed by atoms with van der Waals surface area (Å²) < 4.78 is 18.0. The SMILES string of the molecule is CCCCCCCCCCCC[N+](C)(C)CC1COC(C)(CCC(=O)OCC)O1. The molecular weight excluding hydrogens is 366 g/mol. The Kier molecular flexibility index (Phi) is 13.1. The monoisotopic (exact) mass is 414 g/mol. The van der Waals surface area contributed by atoms with Crippen LogP contribution in [0.1, 0.15) is 97.8 Å². The van der Waals surface area contributed by atoms with Crippen LogP contribution in [0, 0.1) is 0 Å². The molecule has 0 N–H and O–H groups in total. The van der Waals surface area contributed by atoms with E-state index in [1.54, 1.807) is 0 Å². The van der Waals surface area contributed by atoms with Gasteiger partial charge in [0.05, 0.1) is 40.3 Å². The second-order valence-corrected chi connectivity index (χ2v) is 9.51. The lowest BCUT2D eigenvalue weighted by atomic mass is 10.1. The average molecular weight is 415 g/mol. The molecule has 1 rings (SSSR count). The van der Waals surface area contributed by atoms with Gasteiger partial charge in [-0.1, -0.05) is 58.3 Å². The summed E-state index contributed by atoms with van der Waals surface area (Å²) in [6, 6.07) is 0. The molecule has 5 heteroatoms. The largest absolute Gasteiger partial charge is 0.466 e. The molecule has 5 nitrogen and oxygen atoms in total. The zero-order chi connectivity index (χ0) is 21.6. The van der Waals surface area contributed by atoms with Gasteiger partial charge in [0.1, 0.15) is 12.6 Å². The van der Waals surface area contributed by atoms with Gasteiger partial charge in [-0.2, -0.15) is 0 Å². The Morgan fingerprint density at radius 3 is 2.17 bits per heavy atom. The van der Waals surface area contributed by atoms with Crippen molar-refractivity contribution in [3.63, 3.8) is 0 Å². The lowest BCUT2D eigenvalue weighted by molar-refractivity contribution is -0.893. The number of esters is 1. The first kappa shape index (κ1) is 26.4. The van der Waals surface area contributed by atoms with Crippen LogP contribution in [0.4, 0.5) is 0 Å². The van der Waals surface area contributed by atoms with Crippen LogP contribution in [0.15, 0.2) is 0 Å². The van der Waals surface area contributed by atoms with E-state index in [-0.39, 0.29) is 12.1 Å². The van der Waals surface area contributed by atoms with Crippen LogP contribution in [0.5, 0.6) is 0 Å². The maximum Gasteiger partial charge on any atom is 0.305 e. The average Bonchev–Trinajstić information content (AvgIpc) is 3.02. The van der Waals surface area contributed by atoms with E-state index in [0.717, 1.165) is 11.0 Å². The predicted molar refractivity (Wildman–Crippen MR) is 119 cm³/mol. The molecule has 0 aromatic carbocycles. The maximum absolute atomic E-state index is 11.6. The lowest BCUT2D eigenvalue weighted by Gasteiger charge is -2.32. The summed E-state index contributed by atoms with van der Waals surface area (Å²) in [6.07, 6.45) is 14.7. The molecule has 1 aliphatic rings. The summed E-state index contributed by atoms with van der Waals surface area (Å²) in [5.41, 5.74) is 0. The second-order valence-electron chi connectivity index (χ2n) is 9.51. The van der Waals surface area contributed by atoms with Gasteiger partial charge in [0.15, 0.2) is 5.79 Å². The quantitative estimate of drug-likeness (QED) is 0.180. The number of rotatable bonds is 17. The van der Waals surface area contributed by atoms with Crippen molar-refractivity contribution in [1.29, 1.82) is 0 Å². The van der Waals surface area contributed by atoms with Crippen molar-refractivity contribution in [3.05, 3.63) is 0 Å². The molecule has 0 aromatic heterocycles. The fourth-order valence-corrected chi connectivity index (χ4v) is 4.14. The molecule has 0 spiro atoms. The van der Waals surface area contributed by atoms with E-state index < -0.39 is 5.79 Å². The molecule has 2 atom stereocenters. The highest BCUT2D eigenvalue weighted by atomic mass is 16.7. The molecule has 1 heterocycles. The zero-order valence-electron chi connectivity index (χ0n) is 20.0. The van der Waals surface area contributed by atoms with Crippen LogP contribution >= 0.6 is 0 Å². The number of carbonyl (C=O) groups is 1. The molecule has 0 amide bonds. The third kappa shape index (κ3) is 12.6. The van der Waals surface area contributed by atoms with Crippen LogP contribution in [-0.4, -0.2) is 62.7 Å². The van der Waals surface area contributed by atoms with Gasteiger partial charge >= 0.3 is 5.97 Å². The number of unbranched alkanes of at least 4 members (excludes halogenated alkanes) is 9. The fourth-order valence-electron chi connectivity index (χ4n) is 4.14. The summed E-state index contributed by atoms with van der Waals surface area (Å²) in [5.74, 6) is -0.837. The minimum atomic E-state index is -0.658. The first-order valence-corrected chi connectivity index (χ1v) is 12.1. The highest BCUT2D eigenvalue weighted by Crippen LogP contribution is 2.29. The van der Waals surface area contributed by atoms with Crippen molar-refractivity contribution in [1.82, 2.24) is 0 Å². The van der Waals surface area contributed by atoms with Gasteiger partial charge in [-0.3, -0.25) is 4.79 Å². The molecule has 0 aromatic rings. The van der Waals surface area contributed by atoms with E-state index in [4.69, 9.17) is 14.2 Å². The predicted octanol–water partition coefficient (Wildman–Crippen LogP) is 5.46. The highest BCUT2D eigenvalue weighted by Gasteiger charge is 2.40. The molecule has 0 radical (unpaired) electrons. The van der Waals surface area contributed by atoms with E-state index >= 15 is 0 Å². The molecule has 29 heavy (non-hydrogen) atoms. The Morgan fingerprint density at radius 2 is 1.59 bits per heavy atom. The summed E-state index contributed by atoms with van der Waals surface area (Å²) >= 11 is 0. The number of nitrogens with zero attached hydrogens (tertiary/aromatic N) is 1. The number of quaternary nitrogens is 1. The maximum atomic E-state index is 11.6. The first-order chi connectivity index (χ1) is 13.8. The number of hydrogen-bond donors (Lipinski definition) is 0. The van der Waals surface area contributed by atoms with Crippen molar-refractivity contribution in [3.8, 4) is 0 Å². The van der Waals surface area contributed by atoms with Gasteiger partial charge in [-0.05, 0) is 26.7 Å². The molecule has 1 aliphatic heterocycles.